The second kappa shape index (κ2) is 5.29. The third-order valence-corrected chi connectivity index (χ3v) is 3.97. The zero-order valence-corrected chi connectivity index (χ0v) is 12.4. The van der Waals surface area contributed by atoms with Gasteiger partial charge in [-0.3, -0.25) is 4.98 Å². The zero-order chi connectivity index (χ0) is 14.1. The summed E-state index contributed by atoms with van der Waals surface area (Å²) in [5.74, 6) is 0.888. The Balaban J connectivity index is 2.08. The van der Waals surface area contributed by atoms with Crippen molar-refractivity contribution in [3.8, 4) is 5.75 Å². The lowest BCUT2D eigenvalue weighted by Crippen LogP contribution is -2.44. The SMILES string of the molecule is COc1ccc2nc(C)cc(N3CCN(C)CC3)c2c1. The van der Waals surface area contributed by atoms with Gasteiger partial charge in [0.2, 0.25) is 0 Å². The molecular weight excluding hydrogens is 250 g/mol. The lowest BCUT2D eigenvalue weighted by molar-refractivity contribution is 0.313. The number of aryl methyl sites for hydroxylation is 1. The fourth-order valence-electron chi connectivity index (χ4n) is 2.75. The van der Waals surface area contributed by atoms with E-state index < -0.39 is 0 Å². The first-order chi connectivity index (χ1) is 9.67. The second-order valence-electron chi connectivity index (χ2n) is 5.46. The minimum absolute atomic E-state index is 0.888. The number of benzene rings is 1. The van der Waals surface area contributed by atoms with Crippen molar-refractivity contribution < 1.29 is 4.74 Å². The average molecular weight is 271 g/mol. The Morgan fingerprint density at radius 1 is 1.10 bits per heavy atom. The molecule has 0 saturated carbocycles. The number of aromatic nitrogens is 1. The van der Waals surface area contributed by atoms with Gasteiger partial charge in [0.1, 0.15) is 5.75 Å². The lowest BCUT2D eigenvalue weighted by Gasteiger charge is -2.34. The average Bonchev–Trinajstić information content (AvgIpc) is 2.47. The Morgan fingerprint density at radius 3 is 2.55 bits per heavy atom. The predicted octanol–water partition coefficient (Wildman–Crippen LogP) is 2.30. The molecule has 1 saturated heterocycles. The van der Waals surface area contributed by atoms with Gasteiger partial charge in [-0.05, 0) is 38.2 Å². The van der Waals surface area contributed by atoms with Crippen molar-refractivity contribution in [2.24, 2.45) is 0 Å². The third kappa shape index (κ3) is 2.43. The molecule has 1 aromatic carbocycles. The number of nitrogens with zero attached hydrogens (tertiary/aromatic N) is 3. The largest absolute Gasteiger partial charge is 0.497 e. The number of hydrogen-bond donors (Lipinski definition) is 0. The zero-order valence-electron chi connectivity index (χ0n) is 12.4. The quantitative estimate of drug-likeness (QED) is 0.838. The molecule has 0 aliphatic carbocycles. The summed E-state index contributed by atoms with van der Waals surface area (Å²) in [4.78, 5) is 9.45. The van der Waals surface area contributed by atoms with Gasteiger partial charge in [0.15, 0.2) is 0 Å². The first-order valence-corrected chi connectivity index (χ1v) is 7.06. The second-order valence-corrected chi connectivity index (χ2v) is 5.46. The van der Waals surface area contributed by atoms with Gasteiger partial charge in [-0.25, -0.2) is 0 Å². The molecule has 0 atom stereocenters. The third-order valence-electron chi connectivity index (χ3n) is 3.97. The Morgan fingerprint density at radius 2 is 1.85 bits per heavy atom. The summed E-state index contributed by atoms with van der Waals surface area (Å²) in [6.07, 6.45) is 0. The molecule has 106 valence electrons. The Kier molecular flexibility index (Phi) is 3.49. The van der Waals surface area contributed by atoms with Gasteiger partial charge in [0, 0.05) is 42.9 Å². The van der Waals surface area contributed by atoms with Crippen molar-refractivity contribution in [3.05, 3.63) is 30.0 Å². The number of hydrogen-bond acceptors (Lipinski definition) is 4. The monoisotopic (exact) mass is 271 g/mol. The summed E-state index contributed by atoms with van der Waals surface area (Å²) >= 11 is 0. The van der Waals surface area contributed by atoms with Crippen LogP contribution in [0.3, 0.4) is 0 Å². The molecule has 0 amide bonds. The van der Waals surface area contributed by atoms with E-state index in [1.54, 1.807) is 7.11 Å². The number of piperazine rings is 1. The van der Waals surface area contributed by atoms with Crippen LogP contribution in [0.5, 0.6) is 5.75 Å². The van der Waals surface area contributed by atoms with Crippen molar-refractivity contribution in [1.82, 2.24) is 9.88 Å². The van der Waals surface area contributed by atoms with Gasteiger partial charge in [-0.2, -0.15) is 0 Å². The molecule has 0 unspecified atom stereocenters. The van der Waals surface area contributed by atoms with Gasteiger partial charge in [-0.15, -0.1) is 0 Å². The summed E-state index contributed by atoms with van der Waals surface area (Å²) in [6, 6.07) is 8.30. The maximum atomic E-state index is 5.36. The van der Waals surface area contributed by atoms with E-state index in [1.165, 1.54) is 11.1 Å². The molecule has 20 heavy (non-hydrogen) atoms. The molecule has 1 fully saturated rings. The number of anilines is 1. The number of pyridine rings is 1. The smallest absolute Gasteiger partial charge is 0.119 e. The minimum Gasteiger partial charge on any atom is -0.497 e. The lowest BCUT2D eigenvalue weighted by atomic mass is 10.1. The fourth-order valence-corrected chi connectivity index (χ4v) is 2.75. The summed E-state index contributed by atoms with van der Waals surface area (Å²) in [5.41, 5.74) is 3.39. The molecule has 4 nitrogen and oxygen atoms in total. The van der Waals surface area contributed by atoms with E-state index in [0.29, 0.717) is 0 Å². The molecule has 1 aromatic heterocycles. The number of fused-ring (bicyclic) bond motifs is 1. The summed E-state index contributed by atoms with van der Waals surface area (Å²) in [5, 5.41) is 1.18. The molecule has 0 bridgehead atoms. The molecule has 3 rings (SSSR count). The van der Waals surface area contributed by atoms with Crippen molar-refractivity contribution in [3.63, 3.8) is 0 Å². The number of likely N-dealkylation sites (N-methyl/N-ethyl adjacent to an activating group) is 1. The first kappa shape index (κ1) is 13.2. The summed E-state index contributed by atoms with van der Waals surface area (Å²) in [7, 11) is 3.88. The fraction of sp³-hybridized carbons (Fsp3) is 0.438. The van der Waals surface area contributed by atoms with Crippen LogP contribution in [0.25, 0.3) is 10.9 Å². The Bertz CT molecular complexity index is 618. The number of rotatable bonds is 2. The molecule has 2 aromatic rings. The van der Waals surface area contributed by atoms with Crippen LogP contribution in [0, 0.1) is 6.92 Å². The van der Waals surface area contributed by atoms with E-state index in [1.807, 2.05) is 12.1 Å². The highest BCUT2D eigenvalue weighted by molar-refractivity contribution is 5.93. The maximum Gasteiger partial charge on any atom is 0.119 e. The first-order valence-electron chi connectivity index (χ1n) is 7.06. The van der Waals surface area contributed by atoms with Gasteiger partial charge in [-0.1, -0.05) is 0 Å². The van der Waals surface area contributed by atoms with Crippen LogP contribution in [0.2, 0.25) is 0 Å². The van der Waals surface area contributed by atoms with E-state index in [4.69, 9.17) is 4.74 Å². The minimum atomic E-state index is 0.888. The molecule has 0 spiro atoms. The number of methoxy groups -OCH3 is 1. The van der Waals surface area contributed by atoms with E-state index >= 15 is 0 Å². The highest BCUT2D eigenvalue weighted by Gasteiger charge is 2.17. The normalized spacial score (nSPS) is 16.6. The van der Waals surface area contributed by atoms with Crippen LogP contribution in [0.4, 0.5) is 5.69 Å². The molecule has 4 heteroatoms. The van der Waals surface area contributed by atoms with Gasteiger partial charge in [0.25, 0.3) is 0 Å². The van der Waals surface area contributed by atoms with Gasteiger partial charge in [0.05, 0.1) is 12.6 Å². The van der Waals surface area contributed by atoms with E-state index in [2.05, 4.69) is 40.9 Å². The van der Waals surface area contributed by atoms with E-state index in [0.717, 1.165) is 43.1 Å². The molecule has 1 aliphatic rings. The molecule has 0 N–H and O–H groups in total. The van der Waals surface area contributed by atoms with Crippen molar-refractivity contribution in [2.45, 2.75) is 6.92 Å². The molecule has 2 heterocycles. The summed E-state index contributed by atoms with van der Waals surface area (Å²) in [6.45, 7) is 6.39. The molecule has 0 radical (unpaired) electrons. The van der Waals surface area contributed by atoms with Crippen LogP contribution >= 0.6 is 0 Å². The van der Waals surface area contributed by atoms with Gasteiger partial charge >= 0.3 is 0 Å². The van der Waals surface area contributed by atoms with Crippen LogP contribution in [0.15, 0.2) is 24.3 Å². The maximum absolute atomic E-state index is 5.36. The van der Waals surface area contributed by atoms with Crippen LogP contribution in [-0.2, 0) is 0 Å². The van der Waals surface area contributed by atoms with Crippen LogP contribution in [0.1, 0.15) is 5.69 Å². The van der Waals surface area contributed by atoms with Crippen LogP contribution in [-0.4, -0.2) is 50.2 Å². The van der Waals surface area contributed by atoms with E-state index in [-0.39, 0.29) is 0 Å². The predicted molar refractivity (Wildman–Crippen MR) is 82.7 cm³/mol. The van der Waals surface area contributed by atoms with Crippen LogP contribution < -0.4 is 9.64 Å². The molecule has 1 aliphatic heterocycles. The number of ether oxygens (including phenoxy) is 1. The van der Waals surface area contributed by atoms with Crippen molar-refractivity contribution in [2.75, 3.05) is 45.2 Å². The van der Waals surface area contributed by atoms with Crippen molar-refractivity contribution in [1.29, 1.82) is 0 Å². The Labute approximate surface area is 120 Å². The topological polar surface area (TPSA) is 28.6 Å². The highest BCUT2D eigenvalue weighted by Crippen LogP contribution is 2.30. The molecular formula is C16H21N3O. The highest BCUT2D eigenvalue weighted by atomic mass is 16.5. The van der Waals surface area contributed by atoms with Crippen molar-refractivity contribution >= 4 is 16.6 Å². The van der Waals surface area contributed by atoms with Gasteiger partial charge < -0.3 is 14.5 Å². The van der Waals surface area contributed by atoms with E-state index in [9.17, 15) is 0 Å². The standard InChI is InChI=1S/C16H21N3O/c1-12-10-16(19-8-6-18(2)7-9-19)14-11-13(20-3)4-5-15(14)17-12/h4-5,10-11H,6-9H2,1-3H3. The summed E-state index contributed by atoms with van der Waals surface area (Å²) < 4.78 is 5.36. The Hall–Kier alpha value is -1.81.